The van der Waals surface area contributed by atoms with E-state index in [2.05, 4.69) is 24.1 Å². The van der Waals surface area contributed by atoms with Crippen molar-refractivity contribution in [2.24, 2.45) is 0 Å². The predicted octanol–water partition coefficient (Wildman–Crippen LogP) is -25.4. The topological polar surface area (TPSA) is 30.9 Å². The third kappa shape index (κ3) is 26.1. The van der Waals surface area contributed by atoms with E-state index in [0.29, 0.717) is 26.4 Å². The Morgan fingerprint density at radius 3 is 0.798 bits per heavy atom. The first-order valence-electron chi connectivity index (χ1n) is 29.6. The number of rotatable bonds is 41. The summed E-state index contributed by atoms with van der Waals surface area (Å²) in [6, 6.07) is 6.26. The Balaban J connectivity index is 0.00000185. The van der Waals surface area contributed by atoms with E-state index in [0.717, 1.165) is 25.9 Å². The fourth-order valence-corrected chi connectivity index (χ4v) is 14.6. The van der Waals surface area contributed by atoms with Gasteiger partial charge in [-0.05, 0) is 18.7 Å². The predicted molar refractivity (Wildman–Crippen MR) is 478 cm³/mol. The molecule has 2 rings (SSSR count). The maximum Gasteiger partial charge on any atom is 0.124 e. The lowest BCUT2D eigenvalue weighted by atomic mass is 8.21. The van der Waals surface area contributed by atoms with Gasteiger partial charge < -0.3 is 14.2 Å². The maximum absolute atomic E-state index is 7.06. The summed E-state index contributed by atoms with van der Waals surface area (Å²) >= 11 is 0. The van der Waals surface area contributed by atoms with Gasteiger partial charge in [0.1, 0.15) is 12.4 Å². The van der Waals surface area contributed by atoms with Gasteiger partial charge in [0.25, 0.3) is 0 Å². The van der Waals surface area contributed by atoms with Crippen LogP contribution < -0.4 is 4.74 Å². The lowest BCUT2D eigenvalue weighted by Gasteiger charge is -2.60. The summed E-state index contributed by atoms with van der Waals surface area (Å²) in [5.74, 6) is 0.993. The Labute approximate surface area is 605 Å². The average Bonchev–Trinajstić information content (AvgIpc) is 1.14. The zero-order valence-corrected chi connectivity index (χ0v) is 52.1. The molecule has 0 bridgehead atoms. The first-order valence-corrected chi connectivity index (χ1v) is 29.6. The van der Waals surface area contributed by atoms with Crippen LogP contribution in [-0.2, 0) is 22.6 Å². The monoisotopic (exact) mass is 1030 g/mol. The van der Waals surface area contributed by atoms with Crippen molar-refractivity contribution in [3.05, 3.63) is 29.3 Å². The average molecular weight is 1020 g/mol. The molecule has 0 spiro atoms. The number of benzene rings is 1. The van der Waals surface area contributed by atoms with Crippen molar-refractivity contribution < 1.29 is 14.2 Å². The fourth-order valence-electron chi connectivity index (χ4n) is 14.6. The molecule has 0 atom stereocenters. The van der Waals surface area contributed by atoms with E-state index >= 15 is 0 Å². The Hall–Kier alpha value is 3.51. The van der Waals surface area contributed by atoms with Crippen LogP contribution in [0.1, 0.15) is 11.1 Å². The second-order valence-corrected chi connectivity index (χ2v) is 24.3. The van der Waals surface area contributed by atoms with Gasteiger partial charge in [-0.25, -0.2) is 0 Å². The van der Waals surface area contributed by atoms with Gasteiger partial charge in [-0.3, -0.25) is 4.90 Å². The Morgan fingerprint density at radius 1 is 0.326 bits per heavy atom. The van der Waals surface area contributed by atoms with E-state index < -0.39 is 217 Å². The van der Waals surface area contributed by atoms with Crippen LogP contribution in [0.3, 0.4) is 0 Å². The van der Waals surface area contributed by atoms with Crippen LogP contribution in [0.5, 0.6) is 5.75 Å². The third-order valence-electron chi connectivity index (χ3n) is 17.9. The highest BCUT2D eigenvalue weighted by Crippen LogP contribution is 2.30. The summed E-state index contributed by atoms with van der Waals surface area (Å²) in [6.07, 6.45) is -52.7. The van der Waals surface area contributed by atoms with Crippen LogP contribution in [0.15, 0.2) is 18.2 Å². The number of fused-ring (bicyclic) bond motifs is 1. The maximum atomic E-state index is 7.06. The molecule has 0 unspecified atom stereocenters. The van der Waals surface area contributed by atoms with Gasteiger partial charge in [-0.2, -0.15) is 0 Å². The standard InChI is InChI=1S/C14H21NO3.B71/c1-15-10-12-4-3-5-14(13(12)11-15)18-9-8-17-7-6-16-2;1-37-55(36)64(54(34)35)69(65(56(38(2)3)39(4)5)57(40(6)7)41(8)9)71(68(62(50(26)27)51(28)29)63(52(30)31)53(32)33)70(66(58(42(10)11)43(12)13)59(44(14)15)45(16)17)67(60(46(18)19)47(20)21)61(48(22)23)49(24)25/h3-5H,6-11H2,1-2H3;. The zero-order valence-electron chi connectivity index (χ0n) is 52.1. The molecule has 73 radical (unpaired) electrons. The molecule has 313 valence electrons. The number of methoxy groups -OCH3 is 1. The first kappa shape index (κ1) is 90.5. The van der Waals surface area contributed by atoms with Gasteiger partial charge in [0.15, 0.2) is 0 Å². The molecule has 89 heavy (non-hydrogen) atoms. The molecule has 1 aromatic rings. The molecule has 1 heterocycles. The fraction of sp³-hybridized carbons (Fsp3) is 0.571. The summed E-state index contributed by atoms with van der Waals surface area (Å²) in [4.78, 5) is 2.28. The van der Waals surface area contributed by atoms with Crippen LogP contribution in [0.25, 0.3) is 0 Å². The van der Waals surface area contributed by atoms with E-state index in [1.807, 2.05) is 6.07 Å². The molecule has 0 aromatic heterocycles. The minimum Gasteiger partial charge on any atom is -0.491 e. The number of ether oxygens (including phenoxy) is 3. The van der Waals surface area contributed by atoms with E-state index in [1.54, 1.807) is 7.11 Å². The number of hydrogen-bond acceptors (Lipinski definition) is 4. The molecule has 75 heteroatoms. The van der Waals surface area contributed by atoms with Gasteiger partial charge in [-0.15, -0.1) is 0 Å². The highest BCUT2D eigenvalue weighted by Gasteiger charge is 2.64. The van der Waals surface area contributed by atoms with Crippen molar-refractivity contribution in [3.8, 4) is 5.75 Å². The van der Waals surface area contributed by atoms with Crippen molar-refractivity contribution in [1.29, 1.82) is 0 Å². The van der Waals surface area contributed by atoms with Crippen molar-refractivity contribution in [2.45, 2.75) is 13.1 Å². The first-order chi connectivity index (χ1) is 41.1. The summed E-state index contributed by atoms with van der Waals surface area (Å²) in [5.41, 5.74) is 2.69. The van der Waals surface area contributed by atoms with E-state index in [-0.39, 0.29) is 0 Å². The SMILES string of the molecule is COCCOCCOc1cccc2c1CN(C)C2.[B][B]B([B])B(B([B])[B])B(B(B(B([B])[B])B([B])[B])B(B([B])[B])B([B])[B])B(B(B(B([B])[B])B([B])[B])B(B([B])[B])B([B])[B])B(B(B(B([B])[B])B([B])[B])B(B([B])[B])B([B])[B])B(B(B([B])[B])B([B])[B])B(B([B])[B])B([B])[B]. The van der Waals surface area contributed by atoms with Gasteiger partial charge in [0, 0.05) is 528 Å². The van der Waals surface area contributed by atoms with Gasteiger partial charge >= 0.3 is 0 Å². The highest BCUT2D eigenvalue weighted by atomic mass is 16.5. The summed E-state index contributed by atoms with van der Waals surface area (Å²) < 4.78 is 16.1. The van der Waals surface area contributed by atoms with Crippen LogP contribution >= 0.6 is 0 Å². The summed E-state index contributed by atoms with van der Waals surface area (Å²) in [7, 11) is 248. The molecule has 0 amide bonds. The quantitative estimate of drug-likeness (QED) is 0.0483. The lowest BCUT2D eigenvalue weighted by molar-refractivity contribution is 0.0542. The molecular formula is C14H21B71NO3. The summed E-state index contributed by atoms with van der Waals surface area (Å²) in [6.45, 7) is 4.42. The highest BCUT2D eigenvalue weighted by molar-refractivity contribution is 8.40. The normalized spacial score (nSPS) is 10.8. The molecule has 0 N–H and O–H groups in total. The minimum absolute atomic E-state index is 0.587. The van der Waals surface area contributed by atoms with Crippen LogP contribution in [0.4, 0.5) is 0 Å². The van der Waals surface area contributed by atoms with Gasteiger partial charge in [0.05, 0.1) is 19.8 Å². The smallest absolute Gasteiger partial charge is 0.124 e. The van der Waals surface area contributed by atoms with Crippen molar-refractivity contribution in [2.75, 3.05) is 40.6 Å². The van der Waals surface area contributed by atoms with E-state index in [9.17, 15) is 0 Å². The van der Waals surface area contributed by atoms with Gasteiger partial charge in [-0.1, -0.05) is 12.1 Å². The Bertz CT molecular complexity index is 1830. The molecule has 1 aliphatic heterocycles. The molecule has 0 fully saturated rings. The number of nitrogens with zero attached hydrogens (tertiary/aromatic N) is 1. The van der Waals surface area contributed by atoms with Crippen molar-refractivity contribution in [1.82, 2.24) is 4.90 Å². The summed E-state index contributed by atoms with van der Waals surface area (Å²) in [5, 5.41) is 0. The van der Waals surface area contributed by atoms with Gasteiger partial charge in [0.2, 0.25) is 0 Å². The van der Waals surface area contributed by atoms with E-state index in [1.165, 1.54) is 11.1 Å². The largest absolute Gasteiger partial charge is 0.491 e. The molecular weight excluding hydrogens is 998 g/mol. The molecule has 1 aromatic carbocycles. The van der Waals surface area contributed by atoms with E-state index in [4.69, 9.17) is 293 Å². The second-order valence-electron chi connectivity index (χ2n) is 24.3. The molecule has 4 nitrogen and oxygen atoms in total. The molecule has 1 aliphatic rings. The second kappa shape index (κ2) is 44.0. The minimum atomic E-state index is -1.72. The lowest BCUT2D eigenvalue weighted by Crippen LogP contribution is -2.98. The molecule has 0 aliphatic carbocycles. The van der Waals surface area contributed by atoms with Crippen molar-refractivity contribution >= 4 is 503 Å². The Kier molecular flexibility index (Phi) is 44.8. The van der Waals surface area contributed by atoms with Crippen LogP contribution in [0, 0.1) is 0 Å². The molecule has 0 saturated carbocycles. The van der Waals surface area contributed by atoms with Crippen LogP contribution in [-0.4, -0.2) is 548 Å². The Morgan fingerprint density at radius 2 is 0.562 bits per heavy atom. The third-order valence-corrected chi connectivity index (χ3v) is 17.9. The number of hydrogen-bond donors (Lipinski definition) is 0. The zero-order chi connectivity index (χ0) is 69.1. The van der Waals surface area contributed by atoms with Crippen molar-refractivity contribution in [3.63, 3.8) is 0 Å². The van der Waals surface area contributed by atoms with Crippen LogP contribution in [0.2, 0.25) is 0 Å². The molecule has 0 saturated heterocycles.